The van der Waals surface area contributed by atoms with E-state index in [9.17, 15) is 4.79 Å². The van der Waals surface area contributed by atoms with E-state index in [1.54, 1.807) is 6.20 Å². The molecule has 104 valence electrons. The summed E-state index contributed by atoms with van der Waals surface area (Å²) < 4.78 is 0. The van der Waals surface area contributed by atoms with E-state index in [-0.39, 0.29) is 24.6 Å². The van der Waals surface area contributed by atoms with E-state index in [4.69, 9.17) is 5.11 Å². The first-order valence-corrected chi connectivity index (χ1v) is 7.34. The van der Waals surface area contributed by atoms with Crippen molar-refractivity contribution in [2.24, 2.45) is 5.92 Å². The molecule has 1 aromatic rings. The van der Waals surface area contributed by atoms with Crippen LogP contribution in [0, 0.1) is 5.92 Å². The van der Waals surface area contributed by atoms with Gasteiger partial charge in [0.25, 0.3) is 0 Å². The van der Waals surface area contributed by atoms with Crippen LogP contribution in [0.1, 0.15) is 24.6 Å². The Bertz CT molecular complexity index is 458. The first kappa shape index (κ1) is 14.0. The molecular formula is C13H19N3O2S. The van der Waals surface area contributed by atoms with Crippen molar-refractivity contribution in [2.75, 3.05) is 11.9 Å². The number of aliphatic hydroxyl groups excluding tert-OH is 1. The Kier molecular flexibility index (Phi) is 4.93. The maximum atomic E-state index is 11.8. The van der Waals surface area contributed by atoms with Crippen LogP contribution in [0.5, 0.6) is 0 Å². The second kappa shape index (κ2) is 6.68. The molecule has 0 spiro atoms. The zero-order chi connectivity index (χ0) is 13.7. The third-order valence-electron chi connectivity index (χ3n) is 2.99. The van der Waals surface area contributed by atoms with Gasteiger partial charge < -0.3 is 10.4 Å². The Balaban J connectivity index is 1.79. The lowest BCUT2D eigenvalue weighted by atomic mass is 10.1. The highest BCUT2D eigenvalue weighted by molar-refractivity contribution is 7.15. The van der Waals surface area contributed by atoms with Gasteiger partial charge in [-0.3, -0.25) is 5.32 Å². The molecule has 0 unspecified atom stereocenters. The standard InChI is InChI=1S/C13H19N3O2S/c1-2-3-11-7-14-13(19-11)16-12(18)15-10-5-4-9(6-10)8-17/h4-5,7,9-10,17H,2-3,6,8H2,1H3,(H2,14,15,16,18)/t9-,10+/m0/s1. The Labute approximate surface area is 116 Å². The van der Waals surface area contributed by atoms with Crippen molar-refractivity contribution in [3.05, 3.63) is 23.2 Å². The van der Waals surface area contributed by atoms with E-state index < -0.39 is 0 Å². The summed E-state index contributed by atoms with van der Waals surface area (Å²) in [5.41, 5.74) is 0. The number of carbonyl (C=O) groups is 1. The molecule has 0 saturated carbocycles. The largest absolute Gasteiger partial charge is 0.396 e. The maximum absolute atomic E-state index is 11.8. The molecule has 6 heteroatoms. The van der Waals surface area contributed by atoms with Gasteiger partial charge in [-0.15, -0.1) is 11.3 Å². The fourth-order valence-electron chi connectivity index (χ4n) is 2.05. The van der Waals surface area contributed by atoms with Crippen molar-refractivity contribution in [2.45, 2.75) is 32.2 Å². The van der Waals surface area contributed by atoms with Gasteiger partial charge in [0.2, 0.25) is 0 Å². The lowest BCUT2D eigenvalue weighted by molar-refractivity contribution is 0.238. The lowest BCUT2D eigenvalue weighted by Gasteiger charge is -2.12. The molecule has 2 atom stereocenters. The van der Waals surface area contributed by atoms with Gasteiger partial charge in [-0.1, -0.05) is 25.5 Å². The molecule has 0 aliphatic heterocycles. The number of aromatic nitrogens is 1. The van der Waals surface area contributed by atoms with E-state index in [1.165, 1.54) is 16.2 Å². The normalized spacial score (nSPS) is 21.6. The average molecular weight is 281 g/mol. The smallest absolute Gasteiger partial charge is 0.321 e. The molecule has 0 bridgehead atoms. The van der Waals surface area contributed by atoms with Crippen molar-refractivity contribution >= 4 is 22.5 Å². The zero-order valence-corrected chi connectivity index (χ0v) is 11.7. The zero-order valence-electron chi connectivity index (χ0n) is 10.9. The monoisotopic (exact) mass is 281 g/mol. The molecule has 2 amide bonds. The number of anilines is 1. The topological polar surface area (TPSA) is 74.2 Å². The van der Waals surface area contributed by atoms with E-state index in [0.29, 0.717) is 5.13 Å². The summed E-state index contributed by atoms with van der Waals surface area (Å²) in [7, 11) is 0. The van der Waals surface area contributed by atoms with Crippen molar-refractivity contribution in [3.63, 3.8) is 0 Å². The summed E-state index contributed by atoms with van der Waals surface area (Å²) >= 11 is 1.51. The Morgan fingerprint density at radius 2 is 2.42 bits per heavy atom. The first-order chi connectivity index (χ1) is 9.21. The number of thiazole rings is 1. The first-order valence-electron chi connectivity index (χ1n) is 6.52. The van der Waals surface area contributed by atoms with E-state index in [2.05, 4.69) is 22.5 Å². The van der Waals surface area contributed by atoms with Crippen LogP contribution in [-0.4, -0.2) is 28.8 Å². The number of hydrogen-bond acceptors (Lipinski definition) is 4. The summed E-state index contributed by atoms with van der Waals surface area (Å²) in [4.78, 5) is 17.1. The number of aliphatic hydroxyl groups is 1. The number of hydrogen-bond donors (Lipinski definition) is 3. The van der Waals surface area contributed by atoms with Crippen molar-refractivity contribution in [1.29, 1.82) is 0 Å². The second-order valence-electron chi connectivity index (χ2n) is 4.65. The summed E-state index contributed by atoms with van der Waals surface area (Å²) in [5.74, 6) is 0.154. The van der Waals surface area contributed by atoms with Gasteiger partial charge in [-0.25, -0.2) is 9.78 Å². The number of nitrogens with one attached hydrogen (secondary N) is 2. The highest BCUT2D eigenvalue weighted by Gasteiger charge is 2.19. The molecule has 1 aliphatic carbocycles. The molecular weight excluding hydrogens is 262 g/mol. The van der Waals surface area contributed by atoms with E-state index in [1.807, 2.05) is 12.2 Å². The Hall–Kier alpha value is -1.40. The lowest BCUT2D eigenvalue weighted by Crippen LogP contribution is -2.36. The van der Waals surface area contributed by atoms with Crippen LogP contribution in [0.25, 0.3) is 0 Å². The maximum Gasteiger partial charge on any atom is 0.321 e. The molecule has 0 radical (unpaired) electrons. The van der Waals surface area contributed by atoms with Crippen LogP contribution < -0.4 is 10.6 Å². The minimum atomic E-state index is -0.245. The molecule has 0 fully saturated rings. The Morgan fingerprint density at radius 3 is 3.11 bits per heavy atom. The van der Waals surface area contributed by atoms with Crippen molar-refractivity contribution in [1.82, 2.24) is 10.3 Å². The van der Waals surface area contributed by atoms with Gasteiger partial charge in [0, 0.05) is 29.6 Å². The van der Waals surface area contributed by atoms with Gasteiger partial charge in [-0.05, 0) is 12.8 Å². The van der Waals surface area contributed by atoms with Gasteiger partial charge in [-0.2, -0.15) is 0 Å². The number of rotatable bonds is 5. The number of nitrogens with zero attached hydrogens (tertiary/aromatic N) is 1. The molecule has 19 heavy (non-hydrogen) atoms. The third-order valence-corrected chi connectivity index (χ3v) is 3.97. The third kappa shape index (κ3) is 4.04. The van der Waals surface area contributed by atoms with Gasteiger partial charge in [0.1, 0.15) is 0 Å². The molecule has 2 rings (SSSR count). The SMILES string of the molecule is CCCc1cnc(NC(=O)N[C@@H]2C=C[C@H](CO)C2)s1. The van der Waals surface area contributed by atoms with Gasteiger partial charge in [0.15, 0.2) is 5.13 Å². The van der Waals surface area contributed by atoms with Crippen LogP contribution in [0.2, 0.25) is 0 Å². The average Bonchev–Trinajstić information content (AvgIpc) is 2.99. The number of aryl methyl sites for hydroxylation is 1. The minimum Gasteiger partial charge on any atom is -0.396 e. The predicted molar refractivity (Wildman–Crippen MR) is 76.4 cm³/mol. The molecule has 0 saturated heterocycles. The molecule has 1 aliphatic rings. The Morgan fingerprint density at radius 1 is 1.58 bits per heavy atom. The number of amides is 2. The van der Waals surface area contributed by atoms with Crippen LogP contribution >= 0.6 is 11.3 Å². The van der Waals surface area contributed by atoms with Crippen LogP contribution in [-0.2, 0) is 6.42 Å². The molecule has 1 heterocycles. The molecule has 1 aromatic heterocycles. The van der Waals surface area contributed by atoms with Crippen LogP contribution in [0.3, 0.4) is 0 Å². The number of carbonyl (C=O) groups excluding carboxylic acids is 1. The van der Waals surface area contributed by atoms with E-state index in [0.717, 1.165) is 19.3 Å². The molecule has 5 nitrogen and oxygen atoms in total. The number of urea groups is 1. The van der Waals surface area contributed by atoms with Crippen molar-refractivity contribution < 1.29 is 9.90 Å². The molecule has 0 aromatic carbocycles. The summed E-state index contributed by atoms with van der Waals surface area (Å²) in [6.07, 6.45) is 8.48. The summed E-state index contributed by atoms with van der Waals surface area (Å²) in [6, 6.07) is -0.252. The van der Waals surface area contributed by atoms with Crippen molar-refractivity contribution in [3.8, 4) is 0 Å². The minimum absolute atomic E-state index is 0.00720. The molecule has 3 N–H and O–H groups in total. The van der Waals surface area contributed by atoms with Crippen LogP contribution in [0.4, 0.5) is 9.93 Å². The fraction of sp³-hybridized carbons (Fsp3) is 0.538. The second-order valence-corrected chi connectivity index (χ2v) is 5.77. The quantitative estimate of drug-likeness (QED) is 0.724. The fourth-order valence-corrected chi connectivity index (χ4v) is 2.95. The van der Waals surface area contributed by atoms with E-state index >= 15 is 0 Å². The summed E-state index contributed by atoms with van der Waals surface area (Å²) in [6.45, 7) is 2.24. The van der Waals surface area contributed by atoms with Gasteiger partial charge >= 0.3 is 6.03 Å². The predicted octanol–water partition coefficient (Wildman–Crippen LogP) is 2.15. The van der Waals surface area contributed by atoms with Crippen LogP contribution in [0.15, 0.2) is 18.3 Å². The summed E-state index contributed by atoms with van der Waals surface area (Å²) in [5, 5.41) is 15.2. The highest BCUT2D eigenvalue weighted by atomic mass is 32.1. The van der Waals surface area contributed by atoms with Gasteiger partial charge in [0.05, 0.1) is 0 Å². The highest BCUT2D eigenvalue weighted by Crippen LogP contribution is 2.20.